The van der Waals surface area contributed by atoms with Crippen molar-refractivity contribution in [3.8, 4) is 5.75 Å². The Balaban J connectivity index is 1.73. The van der Waals surface area contributed by atoms with Gasteiger partial charge in [0.1, 0.15) is 5.75 Å². The smallest absolute Gasteiger partial charge is 0.191 e. The molecule has 1 heterocycles. The second-order valence-electron chi connectivity index (χ2n) is 5.25. The lowest BCUT2D eigenvalue weighted by molar-refractivity contribution is 0.414. The number of thiazole rings is 1. The molecule has 0 fully saturated rings. The lowest BCUT2D eigenvalue weighted by atomic mass is 10.1. The van der Waals surface area contributed by atoms with Crippen molar-refractivity contribution < 1.29 is 4.74 Å². The summed E-state index contributed by atoms with van der Waals surface area (Å²) in [7, 11) is 3.40. The van der Waals surface area contributed by atoms with Crippen LogP contribution >= 0.6 is 22.9 Å². The highest BCUT2D eigenvalue weighted by Crippen LogP contribution is 2.22. The van der Waals surface area contributed by atoms with Crippen LogP contribution in [-0.2, 0) is 12.8 Å². The largest absolute Gasteiger partial charge is 0.497 e. The maximum Gasteiger partial charge on any atom is 0.191 e. The molecule has 0 amide bonds. The van der Waals surface area contributed by atoms with Gasteiger partial charge in [0.05, 0.1) is 12.1 Å². The van der Waals surface area contributed by atoms with Crippen LogP contribution in [0.3, 0.4) is 0 Å². The third-order valence-corrected chi connectivity index (χ3v) is 4.80. The van der Waals surface area contributed by atoms with Crippen LogP contribution < -0.4 is 15.4 Å². The molecule has 0 aliphatic carbocycles. The molecule has 0 aliphatic rings. The minimum Gasteiger partial charge on any atom is -0.497 e. The maximum atomic E-state index is 6.25. The highest BCUT2D eigenvalue weighted by atomic mass is 35.5. The van der Waals surface area contributed by atoms with Crippen molar-refractivity contribution >= 4 is 28.9 Å². The summed E-state index contributed by atoms with van der Waals surface area (Å²) in [5, 5.41) is 8.46. The third kappa shape index (κ3) is 5.69. The molecule has 2 rings (SSSR count). The number of guanidine groups is 1. The molecule has 130 valence electrons. The minimum atomic E-state index is 0.721. The number of aryl methyl sites for hydroxylation is 1. The van der Waals surface area contributed by atoms with Gasteiger partial charge in [-0.1, -0.05) is 17.7 Å². The van der Waals surface area contributed by atoms with Crippen molar-refractivity contribution in [3.05, 3.63) is 44.9 Å². The summed E-state index contributed by atoms with van der Waals surface area (Å²) < 4.78 is 5.16. The van der Waals surface area contributed by atoms with Gasteiger partial charge in [0.15, 0.2) is 5.96 Å². The van der Waals surface area contributed by atoms with E-state index in [1.165, 1.54) is 4.88 Å². The van der Waals surface area contributed by atoms with Gasteiger partial charge in [0.25, 0.3) is 0 Å². The molecule has 7 heteroatoms. The van der Waals surface area contributed by atoms with Crippen LogP contribution in [0.1, 0.15) is 15.4 Å². The molecule has 0 saturated heterocycles. The predicted octanol–water partition coefficient (Wildman–Crippen LogP) is 3.06. The van der Waals surface area contributed by atoms with Gasteiger partial charge < -0.3 is 15.4 Å². The first-order valence-electron chi connectivity index (χ1n) is 7.80. The number of benzene rings is 1. The quantitative estimate of drug-likeness (QED) is 0.584. The van der Waals surface area contributed by atoms with E-state index in [0.717, 1.165) is 53.2 Å². The normalized spacial score (nSPS) is 11.4. The topological polar surface area (TPSA) is 58.5 Å². The zero-order valence-electron chi connectivity index (χ0n) is 14.2. The Kier molecular flexibility index (Phi) is 7.34. The molecule has 2 aromatic rings. The molecule has 0 saturated carbocycles. The molecule has 0 bridgehead atoms. The fourth-order valence-corrected chi connectivity index (χ4v) is 3.25. The molecule has 2 N–H and O–H groups in total. The minimum absolute atomic E-state index is 0.721. The first-order valence-corrected chi connectivity index (χ1v) is 9.00. The summed E-state index contributed by atoms with van der Waals surface area (Å²) in [6.07, 6.45) is 3.62. The highest BCUT2D eigenvalue weighted by molar-refractivity contribution is 7.11. The number of nitrogens with one attached hydrogen (secondary N) is 2. The van der Waals surface area contributed by atoms with E-state index in [1.54, 1.807) is 25.5 Å². The monoisotopic (exact) mass is 366 g/mol. The van der Waals surface area contributed by atoms with Gasteiger partial charge in [0, 0.05) is 42.7 Å². The summed E-state index contributed by atoms with van der Waals surface area (Å²) in [6, 6.07) is 5.74. The molecule has 0 unspecified atom stereocenters. The van der Waals surface area contributed by atoms with Crippen LogP contribution in [0.15, 0.2) is 29.4 Å². The Labute approximate surface area is 152 Å². The lowest BCUT2D eigenvalue weighted by Crippen LogP contribution is -2.39. The third-order valence-electron chi connectivity index (χ3n) is 3.47. The van der Waals surface area contributed by atoms with Crippen molar-refractivity contribution in [2.45, 2.75) is 19.8 Å². The summed E-state index contributed by atoms with van der Waals surface area (Å²) in [6.45, 7) is 3.62. The summed E-state index contributed by atoms with van der Waals surface area (Å²) in [5.74, 6) is 1.56. The average molecular weight is 367 g/mol. The van der Waals surface area contributed by atoms with E-state index >= 15 is 0 Å². The van der Waals surface area contributed by atoms with Crippen LogP contribution in [0.5, 0.6) is 5.75 Å². The number of hydrogen-bond donors (Lipinski definition) is 2. The van der Waals surface area contributed by atoms with Gasteiger partial charge in [0.2, 0.25) is 0 Å². The van der Waals surface area contributed by atoms with E-state index in [0.29, 0.717) is 0 Å². The standard InChI is InChI=1S/C17H23ClN4OS/c1-12-11-22-16(24-12)7-9-21-17(19-2)20-8-6-13-4-5-14(23-3)10-15(13)18/h4-5,10-11H,6-9H2,1-3H3,(H2,19,20,21). The average Bonchev–Trinajstić information content (AvgIpc) is 3.00. The Bertz CT molecular complexity index is 687. The number of ether oxygens (including phenoxy) is 1. The zero-order valence-corrected chi connectivity index (χ0v) is 15.8. The van der Waals surface area contributed by atoms with Crippen molar-refractivity contribution in [2.75, 3.05) is 27.2 Å². The van der Waals surface area contributed by atoms with Crippen LogP contribution in [0.2, 0.25) is 5.02 Å². The molecule has 1 aromatic carbocycles. The number of aliphatic imine (C=N–C) groups is 1. The van der Waals surface area contributed by atoms with Gasteiger partial charge in [-0.15, -0.1) is 11.3 Å². The summed E-state index contributed by atoms with van der Waals surface area (Å²) in [4.78, 5) is 9.83. The van der Waals surface area contributed by atoms with Crippen LogP contribution in [0.4, 0.5) is 0 Å². The SMILES string of the molecule is CN=C(NCCc1ncc(C)s1)NCCc1ccc(OC)cc1Cl. The lowest BCUT2D eigenvalue weighted by Gasteiger charge is -2.12. The molecular weight excluding hydrogens is 344 g/mol. The van der Waals surface area contributed by atoms with Gasteiger partial charge >= 0.3 is 0 Å². The maximum absolute atomic E-state index is 6.25. The first-order chi connectivity index (χ1) is 11.6. The number of hydrogen-bond acceptors (Lipinski definition) is 4. The second-order valence-corrected chi connectivity index (χ2v) is 6.97. The fourth-order valence-electron chi connectivity index (χ4n) is 2.20. The van der Waals surface area contributed by atoms with Crippen LogP contribution in [0.25, 0.3) is 0 Å². The second kappa shape index (κ2) is 9.49. The molecule has 0 aliphatic heterocycles. The predicted molar refractivity (Wildman–Crippen MR) is 102 cm³/mol. The Hall–Kier alpha value is -1.79. The van der Waals surface area contributed by atoms with E-state index in [1.807, 2.05) is 24.4 Å². The van der Waals surface area contributed by atoms with Gasteiger partial charge in [-0.3, -0.25) is 4.99 Å². The Morgan fingerprint density at radius 3 is 2.62 bits per heavy atom. The van der Waals surface area contributed by atoms with E-state index in [4.69, 9.17) is 16.3 Å². The van der Waals surface area contributed by atoms with Crippen LogP contribution in [0, 0.1) is 6.92 Å². The zero-order chi connectivity index (χ0) is 17.4. The van der Waals surface area contributed by atoms with Gasteiger partial charge in [-0.05, 0) is 31.0 Å². The van der Waals surface area contributed by atoms with Crippen molar-refractivity contribution in [1.82, 2.24) is 15.6 Å². The summed E-state index contributed by atoms with van der Waals surface area (Å²) >= 11 is 7.98. The molecule has 0 atom stereocenters. The van der Waals surface area contributed by atoms with Gasteiger partial charge in [-0.25, -0.2) is 4.98 Å². The summed E-state index contributed by atoms with van der Waals surface area (Å²) in [5.41, 5.74) is 1.08. The van der Waals surface area contributed by atoms with E-state index in [-0.39, 0.29) is 0 Å². The molecule has 0 spiro atoms. The fraction of sp³-hybridized carbons (Fsp3) is 0.412. The Morgan fingerprint density at radius 1 is 1.29 bits per heavy atom. The number of nitrogens with zero attached hydrogens (tertiary/aromatic N) is 2. The van der Waals surface area contributed by atoms with E-state index in [2.05, 4.69) is 27.5 Å². The number of halogens is 1. The van der Waals surface area contributed by atoms with Crippen molar-refractivity contribution in [1.29, 1.82) is 0 Å². The molecular formula is C17H23ClN4OS. The molecule has 0 radical (unpaired) electrons. The van der Waals surface area contributed by atoms with Crippen molar-refractivity contribution in [2.24, 2.45) is 4.99 Å². The number of rotatable bonds is 7. The van der Waals surface area contributed by atoms with Gasteiger partial charge in [-0.2, -0.15) is 0 Å². The molecule has 5 nitrogen and oxygen atoms in total. The number of aromatic nitrogens is 1. The van der Waals surface area contributed by atoms with Crippen LogP contribution in [-0.4, -0.2) is 38.2 Å². The Morgan fingerprint density at radius 2 is 2.04 bits per heavy atom. The number of methoxy groups -OCH3 is 1. The molecule has 1 aromatic heterocycles. The van der Waals surface area contributed by atoms with E-state index < -0.39 is 0 Å². The highest BCUT2D eigenvalue weighted by Gasteiger charge is 2.04. The van der Waals surface area contributed by atoms with Crippen molar-refractivity contribution in [3.63, 3.8) is 0 Å². The first kappa shape index (κ1) is 18.5. The molecule has 24 heavy (non-hydrogen) atoms. The van der Waals surface area contributed by atoms with E-state index in [9.17, 15) is 0 Å².